The SMILES string of the molecule is N#Cc1ccccc1CNc1nc(CN2CCN(C(c3ccc(Cl)cc3)c3ccc(Cl)cc3)CC2)nc2ccccc12. The van der Waals surface area contributed by atoms with E-state index in [1.807, 2.05) is 72.8 Å². The molecule has 5 aromatic rings. The molecule has 0 spiro atoms. The van der Waals surface area contributed by atoms with Crippen molar-refractivity contribution in [1.29, 1.82) is 5.26 Å². The van der Waals surface area contributed by atoms with Crippen LogP contribution >= 0.6 is 23.2 Å². The predicted octanol–water partition coefficient (Wildman–Crippen LogP) is 7.33. The second-order valence-corrected chi connectivity index (χ2v) is 11.3. The van der Waals surface area contributed by atoms with Gasteiger partial charge in [0.15, 0.2) is 0 Å². The number of hydrogen-bond acceptors (Lipinski definition) is 6. The summed E-state index contributed by atoms with van der Waals surface area (Å²) in [6.07, 6.45) is 0. The van der Waals surface area contributed by atoms with E-state index in [1.165, 1.54) is 11.1 Å². The standard InChI is InChI=1S/C34H30Cl2N6/c35-28-13-9-24(10-14-28)33(25-11-15-29(36)16-12-25)42-19-17-41(18-20-42)23-32-39-31-8-4-3-7-30(31)34(40-32)38-22-27-6-2-1-5-26(27)21-37/h1-16,33H,17-20,22-23H2,(H,38,39,40). The maximum absolute atomic E-state index is 9.50. The third kappa shape index (κ3) is 6.41. The van der Waals surface area contributed by atoms with Gasteiger partial charge in [-0.25, -0.2) is 9.97 Å². The lowest BCUT2D eigenvalue weighted by Crippen LogP contribution is -2.47. The van der Waals surface area contributed by atoms with Crippen molar-refractivity contribution in [3.05, 3.63) is 135 Å². The van der Waals surface area contributed by atoms with Crippen LogP contribution in [0.15, 0.2) is 97.1 Å². The van der Waals surface area contributed by atoms with Crippen LogP contribution in [-0.4, -0.2) is 45.9 Å². The molecule has 1 saturated heterocycles. The quantitative estimate of drug-likeness (QED) is 0.203. The van der Waals surface area contributed by atoms with E-state index in [4.69, 9.17) is 33.2 Å². The molecule has 0 atom stereocenters. The fourth-order valence-electron chi connectivity index (χ4n) is 5.58. The van der Waals surface area contributed by atoms with Gasteiger partial charge in [-0.1, -0.05) is 77.8 Å². The van der Waals surface area contributed by atoms with Gasteiger partial charge in [0.05, 0.1) is 29.7 Å². The first-order valence-corrected chi connectivity index (χ1v) is 14.8. The Labute approximate surface area is 256 Å². The summed E-state index contributed by atoms with van der Waals surface area (Å²) in [7, 11) is 0. The minimum Gasteiger partial charge on any atom is -0.365 e. The highest BCUT2D eigenvalue weighted by Crippen LogP contribution is 2.31. The summed E-state index contributed by atoms with van der Waals surface area (Å²) >= 11 is 12.4. The summed E-state index contributed by atoms with van der Waals surface area (Å²) < 4.78 is 0. The van der Waals surface area contributed by atoms with Crippen molar-refractivity contribution >= 4 is 39.9 Å². The summed E-state index contributed by atoms with van der Waals surface area (Å²) in [4.78, 5) is 14.8. The molecule has 4 aromatic carbocycles. The number of para-hydroxylation sites is 1. The van der Waals surface area contributed by atoms with Gasteiger partial charge in [-0.3, -0.25) is 9.80 Å². The van der Waals surface area contributed by atoms with Crippen molar-refractivity contribution in [1.82, 2.24) is 19.8 Å². The third-order valence-corrected chi connectivity index (χ3v) is 8.25. The molecule has 1 aromatic heterocycles. The minimum absolute atomic E-state index is 0.116. The molecular weight excluding hydrogens is 563 g/mol. The fourth-order valence-corrected chi connectivity index (χ4v) is 5.83. The summed E-state index contributed by atoms with van der Waals surface area (Å²) in [5, 5.41) is 15.4. The van der Waals surface area contributed by atoms with Crippen LogP contribution in [0.25, 0.3) is 10.9 Å². The number of hydrogen-bond donors (Lipinski definition) is 1. The molecule has 0 unspecified atom stereocenters. The number of nitriles is 1. The van der Waals surface area contributed by atoms with Gasteiger partial charge >= 0.3 is 0 Å². The van der Waals surface area contributed by atoms with Gasteiger partial charge in [0, 0.05) is 48.2 Å². The van der Waals surface area contributed by atoms with Crippen LogP contribution in [-0.2, 0) is 13.1 Å². The number of benzene rings is 4. The van der Waals surface area contributed by atoms with E-state index in [1.54, 1.807) is 0 Å². The van der Waals surface area contributed by atoms with E-state index in [-0.39, 0.29) is 6.04 Å². The van der Waals surface area contributed by atoms with Gasteiger partial charge in [0.1, 0.15) is 11.6 Å². The Balaban J connectivity index is 1.18. The Hall–Kier alpha value is -3.99. The molecule has 0 bridgehead atoms. The molecule has 6 nitrogen and oxygen atoms in total. The summed E-state index contributed by atoms with van der Waals surface area (Å²) in [5.74, 6) is 1.57. The minimum atomic E-state index is 0.116. The molecule has 8 heteroatoms. The second-order valence-electron chi connectivity index (χ2n) is 10.4. The predicted molar refractivity (Wildman–Crippen MR) is 170 cm³/mol. The van der Waals surface area contributed by atoms with Gasteiger partial charge in [-0.05, 0) is 59.2 Å². The molecule has 0 saturated carbocycles. The maximum Gasteiger partial charge on any atom is 0.145 e. The van der Waals surface area contributed by atoms with Crippen LogP contribution in [0.3, 0.4) is 0 Å². The van der Waals surface area contributed by atoms with Crippen molar-refractivity contribution < 1.29 is 0 Å². The lowest BCUT2D eigenvalue weighted by Gasteiger charge is -2.39. The van der Waals surface area contributed by atoms with Gasteiger partial charge < -0.3 is 5.32 Å². The van der Waals surface area contributed by atoms with E-state index < -0.39 is 0 Å². The van der Waals surface area contributed by atoms with Crippen molar-refractivity contribution in [3.63, 3.8) is 0 Å². The highest BCUT2D eigenvalue weighted by atomic mass is 35.5. The molecule has 2 heterocycles. The number of anilines is 1. The summed E-state index contributed by atoms with van der Waals surface area (Å²) in [6.45, 7) is 4.77. The number of fused-ring (bicyclic) bond motifs is 1. The average Bonchev–Trinajstić information content (AvgIpc) is 3.03. The third-order valence-electron chi connectivity index (χ3n) is 7.74. The normalized spacial score (nSPS) is 14.2. The van der Waals surface area contributed by atoms with Crippen molar-refractivity contribution in [3.8, 4) is 6.07 Å². The molecule has 0 aliphatic carbocycles. The highest BCUT2D eigenvalue weighted by molar-refractivity contribution is 6.30. The number of aromatic nitrogens is 2. The molecule has 1 fully saturated rings. The van der Waals surface area contributed by atoms with Crippen LogP contribution < -0.4 is 5.32 Å². The van der Waals surface area contributed by atoms with Crippen LogP contribution in [0.4, 0.5) is 5.82 Å². The van der Waals surface area contributed by atoms with Gasteiger partial charge in [-0.2, -0.15) is 5.26 Å². The van der Waals surface area contributed by atoms with Crippen LogP contribution in [0.2, 0.25) is 10.0 Å². The Bertz CT molecular complexity index is 1660. The number of nitrogens with one attached hydrogen (secondary N) is 1. The second kappa shape index (κ2) is 12.9. The Kier molecular flexibility index (Phi) is 8.64. The number of piperazine rings is 1. The van der Waals surface area contributed by atoms with E-state index in [0.29, 0.717) is 18.7 Å². The fraction of sp³-hybridized carbons (Fsp3) is 0.206. The first-order chi connectivity index (χ1) is 20.6. The monoisotopic (exact) mass is 592 g/mol. The van der Waals surface area contributed by atoms with Crippen LogP contribution in [0.5, 0.6) is 0 Å². The molecular formula is C34H30Cl2N6. The molecule has 0 radical (unpaired) electrons. The van der Waals surface area contributed by atoms with E-state index in [9.17, 15) is 5.26 Å². The van der Waals surface area contributed by atoms with Crippen molar-refractivity contribution in [2.45, 2.75) is 19.1 Å². The molecule has 1 N–H and O–H groups in total. The summed E-state index contributed by atoms with van der Waals surface area (Å²) in [6, 6.07) is 34.4. The Morgan fingerprint density at radius 3 is 2.05 bits per heavy atom. The van der Waals surface area contributed by atoms with Gasteiger partial charge in [0.25, 0.3) is 0 Å². The smallest absolute Gasteiger partial charge is 0.145 e. The molecule has 42 heavy (non-hydrogen) atoms. The molecule has 6 rings (SSSR count). The Morgan fingerprint density at radius 2 is 1.38 bits per heavy atom. The largest absolute Gasteiger partial charge is 0.365 e. The lowest BCUT2D eigenvalue weighted by molar-refractivity contribution is 0.103. The van der Waals surface area contributed by atoms with Gasteiger partial charge in [-0.15, -0.1) is 0 Å². The highest BCUT2D eigenvalue weighted by Gasteiger charge is 2.27. The topological polar surface area (TPSA) is 68.1 Å². The first kappa shape index (κ1) is 28.1. The van der Waals surface area contributed by atoms with Crippen LogP contribution in [0, 0.1) is 11.3 Å². The number of halogens is 2. The molecule has 210 valence electrons. The molecule has 0 amide bonds. The van der Waals surface area contributed by atoms with Crippen molar-refractivity contribution in [2.75, 3.05) is 31.5 Å². The zero-order valence-corrected chi connectivity index (χ0v) is 24.6. The zero-order chi connectivity index (χ0) is 28.9. The maximum atomic E-state index is 9.50. The van der Waals surface area contributed by atoms with E-state index >= 15 is 0 Å². The van der Waals surface area contributed by atoms with Crippen molar-refractivity contribution in [2.24, 2.45) is 0 Å². The number of rotatable bonds is 8. The van der Waals surface area contributed by atoms with Gasteiger partial charge in [0.2, 0.25) is 0 Å². The lowest BCUT2D eigenvalue weighted by atomic mass is 9.96. The molecule has 1 aliphatic heterocycles. The number of nitrogens with zero attached hydrogens (tertiary/aromatic N) is 5. The van der Waals surface area contributed by atoms with E-state index in [2.05, 4.69) is 45.5 Å². The average molecular weight is 594 g/mol. The Morgan fingerprint density at radius 1 is 0.762 bits per heavy atom. The first-order valence-electron chi connectivity index (χ1n) is 14.0. The molecule has 1 aliphatic rings. The zero-order valence-electron chi connectivity index (χ0n) is 23.0. The van der Waals surface area contributed by atoms with Crippen LogP contribution in [0.1, 0.15) is 34.1 Å². The van der Waals surface area contributed by atoms with E-state index in [0.717, 1.165) is 64.3 Å². The summed E-state index contributed by atoms with van der Waals surface area (Å²) in [5.41, 5.74) is 4.93.